The lowest BCUT2D eigenvalue weighted by Gasteiger charge is -2.09. The summed E-state index contributed by atoms with van der Waals surface area (Å²) < 4.78 is 2.01. The predicted molar refractivity (Wildman–Crippen MR) is 114 cm³/mol. The predicted octanol–water partition coefficient (Wildman–Crippen LogP) is 6.35. The van der Waals surface area contributed by atoms with E-state index >= 15 is 0 Å². The van der Waals surface area contributed by atoms with E-state index in [0.29, 0.717) is 0 Å². The van der Waals surface area contributed by atoms with Crippen LogP contribution >= 0.6 is 0 Å². The average Bonchev–Trinajstić information content (AvgIpc) is 3.01. The highest BCUT2D eigenvalue weighted by molar-refractivity contribution is 5.91. The first kappa shape index (κ1) is 17.3. The number of aryl methyl sites for hydroxylation is 4. The van der Waals surface area contributed by atoms with Crippen molar-refractivity contribution in [3.8, 4) is 33.6 Å². The molecule has 0 spiro atoms. The van der Waals surface area contributed by atoms with Gasteiger partial charge in [0.15, 0.2) is 0 Å². The van der Waals surface area contributed by atoms with E-state index < -0.39 is 0 Å². The maximum absolute atomic E-state index is 4.92. The highest BCUT2D eigenvalue weighted by Crippen LogP contribution is 2.39. The van der Waals surface area contributed by atoms with Gasteiger partial charge in [0.2, 0.25) is 0 Å². The highest BCUT2D eigenvalue weighted by atomic mass is 15.3. The molecule has 0 saturated heterocycles. The van der Waals surface area contributed by atoms with E-state index in [0.717, 1.165) is 17.0 Å². The molecule has 2 heteroatoms. The van der Waals surface area contributed by atoms with Crippen molar-refractivity contribution in [1.29, 1.82) is 0 Å². The normalized spacial score (nSPS) is 11.0. The SMILES string of the molecule is Cc1ccc(-c2nn(C)c(-c3ccc(C)cc3)c2-c2ccc(C)cc2)cc1. The monoisotopic (exact) mass is 352 g/mol. The molecule has 0 bridgehead atoms. The maximum atomic E-state index is 4.92. The molecule has 0 aliphatic rings. The Morgan fingerprint density at radius 1 is 0.556 bits per heavy atom. The summed E-state index contributed by atoms with van der Waals surface area (Å²) in [7, 11) is 2.03. The van der Waals surface area contributed by atoms with Crippen LogP contribution in [0.5, 0.6) is 0 Å². The molecule has 0 atom stereocenters. The number of hydrogen-bond donors (Lipinski definition) is 0. The lowest BCUT2D eigenvalue weighted by atomic mass is 9.94. The van der Waals surface area contributed by atoms with E-state index in [4.69, 9.17) is 5.10 Å². The summed E-state index contributed by atoms with van der Waals surface area (Å²) in [4.78, 5) is 0. The summed E-state index contributed by atoms with van der Waals surface area (Å²) in [6.07, 6.45) is 0. The van der Waals surface area contributed by atoms with Crippen molar-refractivity contribution < 1.29 is 0 Å². The van der Waals surface area contributed by atoms with E-state index in [9.17, 15) is 0 Å². The minimum Gasteiger partial charge on any atom is -0.267 e. The topological polar surface area (TPSA) is 17.8 Å². The third-order valence-electron chi connectivity index (χ3n) is 5.04. The first-order chi connectivity index (χ1) is 13.0. The molecule has 0 N–H and O–H groups in total. The summed E-state index contributed by atoms with van der Waals surface area (Å²) in [6.45, 7) is 6.35. The molecular formula is C25H24N2. The van der Waals surface area contributed by atoms with Gasteiger partial charge in [-0.2, -0.15) is 5.10 Å². The van der Waals surface area contributed by atoms with Crippen molar-refractivity contribution in [3.63, 3.8) is 0 Å². The Bertz CT molecular complexity index is 1070. The average molecular weight is 352 g/mol. The van der Waals surface area contributed by atoms with Gasteiger partial charge in [-0.3, -0.25) is 4.68 Å². The zero-order valence-corrected chi connectivity index (χ0v) is 16.3. The van der Waals surface area contributed by atoms with Gasteiger partial charge in [-0.15, -0.1) is 0 Å². The van der Waals surface area contributed by atoms with Crippen LogP contribution in [0, 0.1) is 20.8 Å². The lowest BCUT2D eigenvalue weighted by molar-refractivity contribution is 0.779. The van der Waals surface area contributed by atoms with Gasteiger partial charge in [0.05, 0.1) is 5.69 Å². The third kappa shape index (κ3) is 3.31. The van der Waals surface area contributed by atoms with Crippen molar-refractivity contribution in [1.82, 2.24) is 9.78 Å². The van der Waals surface area contributed by atoms with Crippen LogP contribution in [0.3, 0.4) is 0 Å². The molecule has 1 heterocycles. The Morgan fingerprint density at radius 3 is 1.44 bits per heavy atom. The molecule has 2 nitrogen and oxygen atoms in total. The quantitative estimate of drug-likeness (QED) is 0.420. The molecule has 0 saturated carbocycles. The Hall–Kier alpha value is -3.13. The van der Waals surface area contributed by atoms with Gasteiger partial charge in [-0.05, 0) is 26.3 Å². The van der Waals surface area contributed by atoms with Gasteiger partial charge >= 0.3 is 0 Å². The number of benzene rings is 3. The van der Waals surface area contributed by atoms with E-state index in [-0.39, 0.29) is 0 Å². The number of hydrogen-bond acceptors (Lipinski definition) is 1. The molecule has 4 rings (SSSR count). The molecule has 27 heavy (non-hydrogen) atoms. The van der Waals surface area contributed by atoms with Crippen LogP contribution in [-0.4, -0.2) is 9.78 Å². The van der Waals surface area contributed by atoms with Crippen LogP contribution in [0.2, 0.25) is 0 Å². The molecule has 3 aromatic carbocycles. The summed E-state index contributed by atoms with van der Waals surface area (Å²) in [6, 6.07) is 26.0. The Balaban J connectivity index is 1.99. The molecule has 0 unspecified atom stereocenters. The van der Waals surface area contributed by atoms with Crippen LogP contribution in [0.4, 0.5) is 0 Å². The van der Waals surface area contributed by atoms with Crippen LogP contribution in [0.1, 0.15) is 16.7 Å². The lowest BCUT2D eigenvalue weighted by Crippen LogP contribution is -1.94. The minimum absolute atomic E-state index is 1.02. The fourth-order valence-electron chi connectivity index (χ4n) is 3.47. The Labute approximate surface area is 161 Å². The number of rotatable bonds is 3. The second kappa shape index (κ2) is 6.88. The van der Waals surface area contributed by atoms with Crippen molar-refractivity contribution >= 4 is 0 Å². The third-order valence-corrected chi connectivity index (χ3v) is 5.04. The second-order valence-electron chi connectivity index (χ2n) is 7.29. The summed E-state index contributed by atoms with van der Waals surface area (Å²) in [5.41, 5.74) is 10.7. The molecule has 0 amide bonds. The van der Waals surface area contributed by atoms with Crippen molar-refractivity contribution in [2.45, 2.75) is 20.8 Å². The molecule has 1 aromatic heterocycles. The largest absolute Gasteiger partial charge is 0.267 e. The first-order valence-corrected chi connectivity index (χ1v) is 9.31. The van der Waals surface area contributed by atoms with Gasteiger partial charge in [0.1, 0.15) is 5.69 Å². The summed E-state index contributed by atoms with van der Waals surface area (Å²) in [5, 5.41) is 4.92. The van der Waals surface area contributed by atoms with Gasteiger partial charge in [-0.1, -0.05) is 89.5 Å². The first-order valence-electron chi connectivity index (χ1n) is 9.31. The van der Waals surface area contributed by atoms with Crippen molar-refractivity contribution in [2.24, 2.45) is 7.05 Å². The summed E-state index contributed by atoms with van der Waals surface area (Å²) >= 11 is 0. The van der Waals surface area contributed by atoms with Crippen LogP contribution < -0.4 is 0 Å². The second-order valence-corrected chi connectivity index (χ2v) is 7.29. The van der Waals surface area contributed by atoms with Crippen LogP contribution in [0.25, 0.3) is 33.6 Å². The fraction of sp³-hybridized carbons (Fsp3) is 0.160. The van der Waals surface area contributed by atoms with Gasteiger partial charge in [0, 0.05) is 23.7 Å². The maximum Gasteiger partial charge on any atom is 0.101 e. The zero-order chi connectivity index (χ0) is 19.0. The molecule has 0 fully saturated rings. The standard InChI is InChI=1S/C25H24N2/c1-17-5-11-20(12-6-17)23-24(21-13-7-18(2)8-14-21)26-27(4)25(23)22-15-9-19(3)10-16-22/h5-16H,1-4H3. The van der Waals surface area contributed by atoms with E-state index in [1.807, 2.05) is 11.7 Å². The Kier molecular flexibility index (Phi) is 4.41. The van der Waals surface area contributed by atoms with Gasteiger partial charge in [-0.25, -0.2) is 0 Å². The zero-order valence-electron chi connectivity index (χ0n) is 16.3. The number of aromatic nitrogens is 2. The molecule has 0 aliphatic heterocycles. The smallest absolute Gasteiger partial charge is 0.101 e. The van der Waals surface area contributed by atoms with Crippen molar-refractivity contribution in [3.05, 3.63) is 89.5 Å². The van der Waals surface area contributed by atoms with E-state index in [2.05, 4.69) is 93.6 Å². The molecular weight excluding hydrogens is 328 g/mol. The van der Waals surface area contributed by atoms with Gasteiger partial charge < -0.3 is 0 Å². The Morgan fingerprint density at radius 2 is 0.963 bits per heavy atom. The van der Waals surface area contributed by atoms with E-state index in [1.54, 1.807) is 0 Å². The molecule has 0 aliphatic carbocycles. The number of nitrogens with zero attached hydrogens (tertiary/aromatic N) is 2. The molecule has 134 valence electrons. The highest BCUT2D eigenvalue weighted by Gasteiger charge is 2.20. The van der Waals surface area contributed by atoms with Crippen molar-refractivity contribution in [2.75, 3.05) is 0 Å². The van der Waals surface area contributed by atoms with Gasteiger partial charge in [0.25, 0.3) is 0 Å². The minimum atomic E-state index is 1.02. The van der Waals surface area contributed by atoms with E-state index in [1.165, 1.54) is 33.4 Å². The summed E-state index contributed by atoms with van der Waals surface area (Å²) in [5.74, 6) is 0. The van der Waals surface area contributed by atoms with Crippen LogP contribution in [-0.2, 0) is 7.05 Å². The fourth-order valence-corrected chi connectivity index (χ4v) is 3.47. The molecule has 0 radical (unpaired) electrons. The molecule has 4 aromatic rings. The van der Waals surface area contributed by atoms with Crippen LogP contribution in [0.15, 0.2) is 72.8 Å².